The van der Waals surface area contributed by atoms with Gasteiger partial charge in [-0.05, 0) is 18.6 Å². The number of hydrogen-bond donors (Lipinski definition) is 1. The molecule has 96 valence electrons. The highest BCUT2D eigenvalue weighted by atomic mass is 15.3. The summed E-state index contributed by atoms with van der Waals surface area (Å²) in [5.41, 5.74) is 8.37. The molecule has 18 heavy (non-hydrogen) atoms. The molecule has 0 spiro atoms. The molecule has 0 bridgehead atoms. The Morgan fingerprint density at radius 2 is 2.00 bits per heavy atom. The molecular formula is C15H21N3. The predicted octanol–water partition coefficient (Wildman–Crippen LogP) is 3.45. The van der Waals surface area contributed by atoms with E-state index < -0.39 is 0 Å². The monoisotopic (exact) mass is 243 g/mol. The van der Waals surface area contributed by atoms with Gasteiger partial charge in [-0.2, -0.15) is 5.10 Å². The molecule has 0 aliphatic carbocycles. The molecule has 1 unspecified atom stereocenters. The molecule has 3 nitrogen and oxygen atoms in total. The Labute approximate surface area is 109 Å². The molecule has 1 aromatic heterocycles. The van der Waals surface area contributed by atoms with Crippen molar-refractivity contribution in [2.24, 2.45) is 5.73 Å². The molecule has 2 rings (SSSR count). The Balaban J connectivity index is 2.02. The number of unbranched alkanes of at least 4 members (excludes halogenated alkanes) is 2. The van der Waals surface area contributed by atoms with Gasteiger partial charge in [0, 0.05) is 17.8 Å². The van der Waals surface area contributed by atoms with Crippen molar-refractivity contribution in [2.75, 3.05) is 0 Å². The van der Waals surface area contributed by atoms with Crippen molar-refractivity contribution < 1.29 is 0 Å². The standard InChI is InChI=1S/C15H21N3/c1-2-3-5-10-15(16)13-11-17-18(12-13)14-8-6-4-7-9-14/h4,6-9,11-12,15H,2-3,5,10,16H2,1H3. The molecule has 0 amide bonds. The smallest absolute Gasteiger partial charge is 0.0645 e. The van der Waals surface area contributed by atoms with Crippen LogP contribution >= 0.6 is 0 Å². The summed E-state index contributed by atoms with van der Waals surface area (Å²) in [5, 5.41) is 4.37. The minimum atomic E-state index is 0.106. The van der Waals surface area contributed by atoms with Gasteiger partial charge >= 0.3 is 0 Å². The average molecular weight is 243 g/mol. The Morgan fingerprint density at radius 1 is 1.22 bits per heavy atom. The fraction of sp³-hybridized carbons (Fsp3) is 0.400. The lowest BCUT2D eigenvalue weighted by Crippen LogP contribution is -2.09. The number of aromatic nitrogens is 2. The van der Waals surface area contributed by atoms with Gasteiger partial charge < -0.3 is 5.73 Å². The van der Waals surface area contributed by atoms with E-state index in [1.54, 1.807) is 0 Å². The van der Waals surface area contributed by atoms with Crippen LogP contribution in [-0.4, -0.2) is 9.78 Å². The van der Waals surface area contributed by atoms with Crippen LogP contribution in [0.25, 0.3) is 5.69 Å². The van der Waals surface area contributed by atoms with E-state index in [1.807, 2.05) is 47.4 Å². The van der Waals surface area contributed by atoms with Crippen LogP contribution < -0.4 is 5.73 Å². The lowest BCUT2D eigenvalue weighted by molar-refractivity contribution is 0.581. The summed E-state index contributed by atoms with van der Waals surface area (Å²) < 4.78 is 1.88. The first-order valence-corrected chi connectivity index (χ1v) is 6.67. The lowest BCUT2D eigenvalue weighted by Gasteiger charge is -2.08. The lowest BCUT2D eigenvalue weighted by atomic mass is 10.0. The predicted molar refractivity (Wildman–Crippen MR) is 74.6 cm³/mol. The SMILES string of the molecule is CCCCCC(N)c1cnn(-c2ccccc2)c1. The number of para-hydroxylation sites is 1. The van der Waals surface area contributed by atoms with E-state index in [1.165, 1.54) is 19.3 Å². The van der Waals surface area contributed by atoms with Gasteiger partial charge in [0.05, 0.1) is 11.9 Å². The van der Waals surface area contributed by atoms with Gasteiger partial charge in [0.2, 0.25) is 0 Å². The normalized spacial score (nSPS) is 12.6. The van der Waals surface area contributed by atoms with Crippen LogP contribution in [0.1, 0.15) is 44.2 Å². The van der Waals surface area contributed by atoms with E-state index in [0.29, 0.717) is 0 Å². The molecule has 0 saturated heterocycles. The first kappa shape index (κ1) is 12.8. The highest BCUT2D eigenvalue weighted by Gasteiger charge is 2.08. The molecule has 1 aromatic carbocycles. The molecule has 0 aliphatic rings. The van der Waals surface area contributed by atoms with Gasteiger partial charge in [0.1, 0.15) is 0 Å². The molecular weight excluding hydrogens is 222 g/mol. The summed E-state index contributed by atoms with van der Waals surface area (Å²) in [4.78, 5) is 0. The fourth-order valence-electron chi connectivity index (χ4n) is 2.03. The van der Waals surface area contributed by atoms with Crippen molar-refractivity contribution in [2.45, 2.75) is 38.6 Å². The number of nitrogens with zero attached hydrogens (tertiary/aromatic N) is 2. The Bertz CT molecular complexity index is 462. The number of nitrogens with two attached hydrogens (primary N) is 1. The summed E-state index contributed by atoms with van der Waals surface area (Å²) in [6.07, 6.45) is 8.62. The van der Waals surface area contributed by atoms with E-state index in [4.69, 9.17) is 5.73 Å². The highest BCUT2D eigenvalue weighted by Crippen LogP contribution is 2.18. The largest absolute Gasteiger partial charge is 0.324 e. The summed E-state index contributed by atoms with van der Waals surface area (Å²) in [6.45, 7) is 2.21. The van der Waals surface area contributed by atoms with E-state index in [2.05, 4.69) is 12.0 Å². The molecule has 1 heterocycles. The molecule has 0 radical (unpaired) electrons. The summed E-state index contributed by atoms with van der Waals surface area (Å²) in [5.74, 6) is 0. The average Bonchev–Trinajstić information content (AvgIpc) is 2.89. The molecule has 0 fully saturated rings. The third kappa shape index (κ3) is 3.20. The van der Waals surface area contributed by atoms with Crippen molar-refractivity contribution in [3.8, 4) is 5.69 Å². The zero-order valence-corrected chi connectivity index (χ0v) is 10.9. The maximum absolute atomic E-state index is 6.17. The van der Waals surface area contributed by atoms with Gasteiger partial charge in [-0.1, -0.05) is 44.4 Å². The second kappa shape index (κ2) is 6.36. The number of rotatable bonds is 6. The van der Waals surface area contributed by atoms with Gasteiger partial charge in [0.25, 0.3) is 0 Å². The van der Waals surface area contributed by atoms with E-state index >= 15 is 0 Å². The molecule has 2 N–H and O–H groups in total. The zero-order chi connectivity index (χ0) is 12.8. The highest BCUT2D eigenvalue weighted by molar-refractivity contribution is 5.31. The van der Waals surface area contributed by atoms with Gasteiger partial charge in [-0.3, -0.25) is 0 Å². The molecule has 0 aliphatic heterocycles. The molecule has 1 atom stereocenters. The zero-order valence-electron chi connectivity index (χ0n) is 10.9. The number of hydrogen-bond acceptors (Lipinski definition) is 2. The van der Waals surface area contributed by atoms with Crippen LogP contribution in [0.5, 0.6) is 0 Å². The van der Waals surface area contributed by atoms with E-state index in [0.717, 1.165) is 17.7 Å². The number of benzene rings is 1. The van der Waals surface area contributed by atoms with E-state index in [9.17, 15) is 0 Å². The molecule has 3 heteroatoms. The summed E-state index contributed by atoms with van der Waals surface area (Å²) in [7, 11) is 0. The van der Waals surface area contributed by atoms with Crippen LogP contribution in [0.2, 0.25) is 0 Å². The van der Waals surface area contributed by atoms with Crippen LogP contribution in [0.15, 0.2) is 42.7 Å². The summed E-state index contributed by atoms with van der Waals surface area (Å²) >= 11 is 0. The third-order valence-corrected chi connectivity index (χ3v) is 3.17. The van der Waals surface area contributed by atoms with Crippen LogP contribution in [0, 0.1) is 0 Å². The Hall–Kier alpha value is -1.61. The fourth-order valence-corrected chi connectivity index (χ4v) is 2.03. The molecule has 0 saturated carbocycles. The Kier molecular flexibility index (Phi) is 4.53. The quantitative estimate of drug-likeness (QED) is 0.790. The maximum Gasteiger partial charge on any atom is 0.0645 e. The van der Waals surface area contributed by atoms with Crippen molar-refractivity contribution >= 4 is 0 Å². The van der Waals surface area contributed by atoms with Crippen molar-refractivity contribution in [1.82, 2.24) is 9.78 Å². The van der Waals surface area contributed by atoms with Crippen molar-refractivity contribution in [3.63, 3.8) is 0 Å². The van der Waals surface area contributed by atoms with Crippen molar-refractivity contribution in [3.05, 3.63) is 48.3 Å². The minimum absolute atomic E-state index is 0.106. The minimum Gasteiger partial charge on any atom is -0.324 e. The Morgan fingerprint density at radius 3 is 2.72 bits per heavy atom. The maximum atomic E-state index is 6.17. The first-order chi connectivity index (χ1) is 8.81. The molecule has 2 aromatic rings. The van der Waals surface area contributed by atoms with Crippen LogP contribution in [-0.2, 0) is 0 Å². The first-order valence-electron chi connectivity index (χ1n) is 6.67. The second-order valence-corrected chi connectivity index (χ2v) is 4.66. The summed E-state index contributed by atoms with van der Waals surface area (Å²) in [6, 6.07) is 10.2. The second-order valence-electron chi connectivity index (χ2n) is 4.66. The van der Waals surface area contributed by atoms with Gasteiger partial charge in [-0.15, -0.1) is 0 Å². The van der Waals surface area contributed by atoms with Gasteiger partial charge in [0.15, 0.2) is 0 Å². The van der Waals surface area contributed by atoms with E-state index in [-0.39, 0.29) is 6.04 Å². The third-order valence-electron chi connectivity index (χ3n) is 3.17. The van der Waals surface area contributed by atoms with Crippen LogP contribution in [0.4, 0.5) is 0 Å². The van der Waals surface area contributed by atoms with Gasteiger partial charge in [-0.25, -0.2) is 4.68 Å². The topological polar surface area (TPSA) is 43.8 Å². The van der Waals surface area contributed by atoms with Crippen LogP contribution in [0.3, 0.4) is 0 Å². The van der Waals surface area contributed by atoms with Crippen molar-refractivity contribution in [1.29, 1.82) is 0 Å².